The number of benzene rings is 2. The standard InChI is InChI=1S/C24H29N3O2S/c1-26-14-12-21(13-15-26)25-23(29)19-7-9-20(10-8-19)24-27(22(28)17-30-24)16-11-18-5-3-2-4-6-18/h2-10,21,24H,11-17H2,1H3,(H,25,29)/t24-/m1/s1. The fraction of sp³-hybridized carbons (Fsp3) is 0.417. The minimum atomic E-state index is -0.00723. The van der Waals surface area contributed by atoms with Crippen LogP contribution in [0.25, 0.3) is 0 Å². The molecule has 2 aromatic rings. The number of carbonyl (C=O) groups is 2. The van der Waals surface area contributed by atoms with E-state index in [0.717, 1.165) is 37.9 Å². The SMILES string of the molecule is CN1CCC(NC(=O)c2ccc([C@H]3SCC(=O)N3CCc3ccccc3)cc2)CC1. The van der Waals surface area contributed by atoms with Gasteiger partial charge in [-0.25, -0.2) is 0 Å². The van der Waals surface area contributed by atoms with Gasteiger partial charge in [-0.1, -0.05) is 42.5 Å². The van der Waals surface area contributed by atoms with Crippen molar-refractivity contribution in [3.63, 3.8) is 0 Å². The van der Waals surface area contributed by atoms with Crippen molar-refractivity contribution in [2.24, 2.45) is 0 Å². The lowest BCUT2D eigenvalue weighted by Gasteiger charge is -2.29. The molecule has 0 aromatic heterocycles. The molecule has 6 heteroatoms. The van der Waals surface area contributed by atoms with Crippen LogP contribution in [0.5, 0.6) is 0 Å². The first-order valence-corrected chi connectivity index (χ1v) is 11.7. The molecule has 0 aliphatic carbocycles. The minimum absolute atomic E-state index is 0.00723. The van der Waals surface area contributed by atoms with Crippen LogP contribution >= 0.6 is 11.8 Å². The second-order valence-corrected chi connectivity index (χ2v) is 9.23. The molecule has 0 spiro atoms. The molecule has 0 radical (unpaired) electrons. The Morgan fingerprint density at radius 2 is 1.77 bits per heavy atom. The normalized spacial score (nSPS) is 20.5. The number of hydrogen-bond acceptors (Lipinski definition) is 4. The molecule has 2 aliphatic rings. The van der Waals surface area contributed by atoms with E-state index in [1.165, 1.54) is 5.56 Å². The Morgan fingerprint density at radius 1 is 1.07 bits per heavy atom. The maximum atomic E-state index is 12.6. The highest BCUT2D eigenvalue weighted by Crippen LogP contribution is 2.38. The average Bonchev–Trinajstić information content (AvgIpc) is 3.15. The molecule has 1 N–H and O–H groups in total. The smallest absolute Gasteiger partial charge is 0.251 e. The van der Waals surface area contributed by atoms with Crippen molar-refractivity contribution < 1.29 is 9.59 Å². The van der Waals surface area contributed by atoms with Gasteiger partial charge in [0.15, 0.2) is 0 Å². The summed E-state index contributed by atoms with van der Waals surface area (Å²) in [6.45, 7) is 2.75. The van der Waals surface area contributed by atoms with Gasteiger partial charge < -0.3 is 15.1 Å². The molecule has 158 valence electrons. The summed E-state index contributed by atoms with van der Waals surface area (Å²) in [4.78, 5) is 29.3. The van der Waals surface area contributed by atoms with Crippen LogP contribution < -0.4 is 5.32 Å². The maximum absolute atomic E-state index is 12.6. The van der Waals surface area contributed by atoms with E-state index in [1.54, 1.807) is 11.8 Å². The molecule has 5 nitrogen and oxygen atoms in total. The van der Waals surface area contributed by atoms with E-state index in [9.17, 15) is 9.59 Å². The van der Waals surface area contributed by atoms with Gasteiger partial charge in [0.25, 0.3) is 5.91 Å². The van der Waals surface area contributed by atoms with Crippen molar-refractivity contribution in [2.45, 2.75) is 30.7 Å². The number of carbonyl (C=O) groups excluding carboxylic acids is 2. The lowest BCUT2D eigenvalue weighted by molar-refractivity contribution is -0.128. The molecule has 1 atom stereocenters. The molecule has 0 saturated carbocycles. The zero-order valence-corrected chi connectivity index (χ0v) is 18.2. The van der Waals surface area contributed by atoms with Crippen molar-refractivity contribution in [3.05, 3.63) is 71.3 Å². The van der Waals surface area contributed by atoms with Crippen molar-refractivity contribution in [1.29, 1.82) is 0 Å². The number of piperidine rings is 1. The third-order valence-corrected chi connectivity index (χ3v) is 7.22. The number of hydrogen-bond donors (Lipinski definition) is 1. The van der Waals surface area contributed by atoms with Gasteiger partial charge in [0.05, 0.1) is 5.75 Å². The van der Waals surface area contributed by atoms with Crippen molar-refractivity contribution in [2.75, 3.05) is 32.4 Å². The summed E-state index contributed by atoms with van der Waals surface area (Å²) < 4.78 is 0. The number of nitrogens with one attached hydrogen (secondary N) is 1. The van der Waals surface area contributed by atoms with Crippen LogP contribution in [0.2, 0.25) is 0 Å². The van der Waals surface area contributed by atoms with Crippen LogP contribution in [-0.4, -0.2) is 60.1 Å². The summed E-state index contributed by atoms with van der Waals surface area (Å²) in [5.41, 5.74) is 3.00. The number of thioether (sulfide) groups is 1. The topological polar surface area (TPSA) is 52.7 Å². The Morgan fingerprint density at radius 3 is 2.47 bits per heavy atom. The predicted octanol–water partition coefficient (Wildman–Crippen LogP) is 3.33. The van der Waals surface area contributed by atoms with Gasteiger partial charge >= 0.3 is 0 Å². The van der Waals surface area contributed by atoms with Crippen LogP contribution in [0.15, 0.2) is 54.6 Å². The summed E-state index contributed by atoms with van der Waals surface area (Å²) in [5.74, 6) is 0.690. The fourth-order valence-corrected chi connectivity index (χ4v) is 5.31. The molecule has 0 unspecified atom stereocenters. The van der Waals surface area contributed by atoms with E-state index in [4.69, 9.17) is 0 Å². The van der Waals surface area contributed by atoms with Crippen LogP contribution in [0.1, 0.15) is 39.7 Å². The molecule has 2 saturated heterocycles. The van der Waals surface area contributed by atoms with Gasteiger partial charge in [-0.15, -0.1) is 11.8 Å². The first-order valence-electron chi connectivity index (χ1n) is 10.6. The van der Waals surface area contributed by atoms with E-state index < -0.39 is 0 Å². The zero-order valence-electron chi connectivity index (χ0n) is 17.4. The van der Waals surface area contributed by atoms with Crippen LogP contribution in [-0.2, 0) is 11.2 Å². The third-order valence-electron chi connectivity index (χ3n) is 5.96. The highest BCUT2D eigenvalue weighted by Gasteiger charge is 2.32. The lowest BCUT2D eigenvalue weighted by atomic mass is 10.0. The van der Waals surface area contributed by atoms with Crippen molar-refractivity contribution >= 4 is 23.6 Å². The minimum Gasteiger partial charge on any atom is -0.349 e. The molecular formula is C24H29N3O2S. The fourth-order valence-electron chi connectivity index (χ4n) is 4.09. The van der Waals surface area contributed by atoms with E-state index in [-0.39, 0.29) is 23.2 Å². The first-order chi connectivity index (χ1) is 14.6. The zero-order chi connectivity index (χ0) is 20.9. The molecular weight excluding hydrogens is 394 g/mol. The summed E-state index contributed by atoms with van der Waals surface area (Å²) in [7, 11) is 2.12. The van der Waals surface area contributed by atoms with Crippen molar-refractivity contribution in [1.82, 2.24) is 15.1 Å². The number of rotatable bonds is 6. The summed E-state index contributed by atoms with van der Waals surface area (Å²) in [5, 5.41) is 3.18. The molecule has 4 rings (SSSR count). The van der Waals surface area contributed by atoms with Gasteiger partial charge in [0.1, 0.15) is 5.37 Å². The molecule has 2 heterocycles. The average molecular weight is 424 g/mol. The summed E-state index contributed by atoms with van der Waals surface area (Å²) in [6, 6.07) is 18.3. The van der Waals surface area contributed by atoms with Crippen molar-refractivity contribution in [3.8, 4) is 0 Å². The number of amides is 2. The number of nitrogens with zero attached hydrogens (tertiary/aromatic N) is 2. The van der Waals surface area contributed by atoms with Crippen LogP contribution in [0.3, 0.4) is 0 Å². The van der Waals surface area contributed by atoms with E-state index >= 15 is 0 Å². The second kappa shape index (κ2) is 9.67. The summed E-state index contributed by atoms with van der Waals surface area (Å²) in [6.07, 6.45) is 2.84. The Kier molecular flexibility index (Phi) is 6.75. The van der Waals surface area contributed by atoms with Gasteiger partial charge in [-0.05, 0) is 62.7 Å². The lowest BCUT2D eigenvalue weighted by Crippen LogP contribution is -2.43. The summed E-state index contributed by atoms with van der Waals surface area (Å²) >= 11 is 1.66. The predicted molar refractivity (Wildman–Crippen MR) is 121 cm³/mol. The molecule has 2 aliphatic heterocycles. The van der Waals surface area contributed by atoms with Gasteiger partial charge in [0.2, 0.25) is 5.91 Å². The largest absolute Gasteiger partial charge is 0.349 e. The Hall–Kier alpha value is -2.31. The first kappa shape index (κ1) is 20.9. The molecule has 2 aromatic carbocycles. The Bertz CT molecular complexity index is 864. The van der Waals surface area contributed by atoms with Crippen LogP contribution in [0.4, 0.5) is 0 Å². The molecule has 30 heavy (non-hydrogen) atoms. The molecule has 2 fully saturated rings. The van der Waals surface area contributed by atoms with Gasteiger partial charge in [-0.2, -0.15) is 0 Å². The van der Waals surface area contributed by atoms with E-state index in [1.807, 2.05) is 47.4 Å². The van der Waals surface area contributed by atoms with E-state index in [2.05, 4.69) is 29.4 Å². The third kappa shape index (κ3) is 5.05. The quantitative estimate of drug-likeness (QED) is 0.774. The number of likely N-dealkylation sites (tertiary alicyclic amines) is 1. The van der Waals surface area contributed by atoms with Gasteiger partial charge in [0, 0.05) is 18.2 Å². The highest BCUT2D eigenvalue weighted by atomic mass is 32.2. The second-order valence-electron chi connectivity index (χ2n) is 8.16. The van der Waals surface area contributed by atoms with E-state index in [0.29, 0.717) is 17.9 Å². The monoisotopic (exact) mass is 423 g/mol. The van der Waals surface area contributed by atoms with Crippen LogP contribution in [0, 0.1) is 0 Å². The molecule has 2 amide bonds. The Balaban J connectivity index is 1.37. The van der Waals surface area contributed by atoms with Gasteiger partial charge in [-0.3, -0.25) is 9.59 Å². The molecule has 0 bridgehead atoms. The highest BCUT2D eigenvalue weighted by molar-refractivity contribution is 8.00. The maximum Gasteiger partial charge on any atom is 0.251 e. The Labute approximate surface area is 182 Å².